The summed E-state index contributed by atoms with van der Waals surface area (Å²) in [6.45, 7) is 1.69. The van der Waals surface area contributed by atoms with Crippen molar-refractivity contribution in [2.75, 3.05) is 6.61 Å². The second-order valence-electron chi connectivity index (χ2n) is 3.39. The summed E-state index contributed by atoms with van der Waals surface area (Å²) in [7, 11) is 0. The highest BCUT2D eigenvalue weighted by Gasteiger charge is 2.23. The number of benzene rings is 1. The standard InChI is InChI=1S/C11H11FN4O2/c1-2-18-11(17)9(12)16-14-10(13-15-16)8-6-4-3-5-7-8/h3-7,9H,2H2,1H3. The zero-order valence-electron chi connectivity index (χ0n) is 9.65. The second-order valence-corrected chi connectivity index (χ2v) is 3.39. The molecule has 0 spiro atoms. The van der Waals surface area contributed by atoms with Crippen LogP contribution in [0.2, 0.25) is 0 Å². The molecule has 2 rings (SSSR count). The quantitative estimate of drug-likeness (QED) is 0.766. The Hall–Kier alpha value is -2.31. The fourth-order valence-corrected chi connectivity index (χ4v) is 1.33. The van der Waals surface area contributed by atoms with Crippen LogP contribution in [0.5, 0.6) is 0 Å². The third-order valence-corrected chi connectivity index (χ3v) is 2.14. The lowest BCUT2D eigenvalue weighted by atomic mass is 10.2. The number of aromatic nitrogens is 4. The molecule has 1 atom stereocenters. The van der Waals surface area contributed by atoms with Crippen LogP contribution in [0.25, 0.3) is 11.4 Å². The van der Waals surface area contributed by atoms with Crippen molar-refractivity contribution in [3.63, 3.8) is 0 Å². The first kappa shape index (κ1) is 12.2. The summed E-state index contributed by atoms with van der Waals surface area (Å²) in [5.41, 5.74) is 0.694. The summed E-state index contributed by atoms with van der Waals surface area (Å²) >= 11 is 0. The van der Waals surface area contributed by atoms with Gasteiger partial charge in [-0.3, -0.25) is 0 Å². The molecule has 1 aromatic heterocycles. The third kappa shape index (κ3) is 2.50. The van der Waals surface area contributed by atoms with Gasteiger partial charge in [0.25, 0.3) is 0 Å². The number of nitrogens with zero attached hydrogens (tertiary/aromatic N) is 4. The molecule has 0 aliphatic heterocycles. The highest BCUT2D eigenvalue weighted by molar-refractivity contribution is 5.72. The van der Waals surface area contributed by atoms with Gasteiger partial charge in [0, 0.05) is 5.56 Å². The highest BCUT2D eigenvalue weighted by Crippen LogP contribution is 2.14. The molecule has 0 amide bonds. The maximum absolute atomic E-state index is 13.6. The lowest BCUT2D eigenvalue weighted by Gasteiger charge is -2.04. The Morgan fingerprint density at radius 1 is 1.44 bits per heavy atom. The van der Waals surface area contributed by atoms with Crippen LogP contribution in [-0.2, 0) is 9.53 Å². The zero-order valence-corrected chi connectivity index (χ0v) is 9.65. The second kappa shape index (κ2) is 5.35. The van der Waals surface area contributed by atoms with Crippen molar-refractivity contribution >= 4 is 5.97 Å². The van der Waals surface area contributed by atoms with Crippen LogP contribution >= 0.6 is 0 Å². The van der Waals surface area contributed by atoms with Gasteiger partial charge < -0.3 is 4.74 Å². The van der Waals surface area contributed by atoms with Gasteiger partial charge in [-0.2, -0.15) is 0 Å². The first-order chi connectivity index (χ1) is 8.72. The summed E-state index contributed by atoms with van der Waals surface area (Å²) in [5, 5.41) is 11.0. The minimum absolute atomic E-state index is 0.0967. The van der Waals surface area contributed by atoms with Crippen molar-refractivity contribution in [2.24, 2.45) is 0 Å². The number of halogens is 1. The molecule has 0 aliphatic carbocycles. The SMILES string of the molecule is CCOC(=O)C(F)n1nnc(-c2ccccc2)n1. The fourth-order valence-electron chi connectivity index (χ4n) is 1.33. The number of alkyl halides is 1. The molecule has 6 nitrogen and oxygen atoms in total. The largest absolute Gasteiger partial charge is 0.462 e. The summed E-state index contributed by atoms with van der Waals surface area (Å²) in [5.74, 6) is -0.780. The van der Waals surface area contributed by atoms with E-state index in [0.29, 0.717) is 10.4 Å². The first-order valence-corrected chi connectivity index (χ1v) is 5.38. The van der Waals surface area contributed by atoms with Gasteiger partial charge >= 0.3 is 12.3 Å². The number of hydrogen-bond acceptors (Lipinski definition) is 5. The minimum atomic E-state index is -2.07. The highest BCUT2D eigenvalue weighted by atomic mass is 19.1. The minimum Gasteiger partial charge on any atom is -0.462 e. The Morgan fingerprint density at radius 2 is 2.17 bits per heavy atom. The molecule has 0 saturated carbocycles. The van der Waals surface area contributed by atoms with E-state index in [1.807, 2.05) is 6.07 Å². The summed E-state index contributed by atoms with van der Waals surface area (Å²) in [4.78, 5) is 11.8. The Balaban J connectivity index is 2.18. The van der Waals surface area contributed by atoms with Gasteiger partial charge in [0.1, 0.15) is 0 Å². The van der Waals surface area contributed by atoms with E-state index in [-0.39, 0.29) is 12.4 Å². The predicted molar refractivity (Wildman–Crippen MR) is 60.0 cm³/mol. The lowest BCUT2D eigenvalue weighted by molar-refractivity contribution is -0.154. The number of tetrazole rings is 1. The van der Waals surface area contributed by atoms with E-state index < -0.39 is 12.3 Å². The molecule has 1 unspecified atom stereocenters. The molecule has 0 aliphatic rings. The molecule has 0 saturated heterocycles. The Morgan fingerprint density at radius 3 is 2.83 bits per heavy atom. The van der Waals surface area contributed by atoms with E-state index in [4.69, 9.17) is 0 Å². The molecule has 2 aromatic rings. The van der Waals surface area contributed by atoms with E-state index in [2.05, 4.69) is 20.1 Å². The molecule has 1 aromatic carbocycles. The number of carbonyl (C=O) groups is 1. The number of rotatable bonds is 4. The van der Waals surface area contributed by atoms with Crippen LogP contribution in [0.1, 0.15) is 13.2 Å². The number of hydrogen-bond donors (Lipinski definition) is 0. The van der Waals surface area contributed by atoms with E-state index in [1.165, 1.54) is 0 Å². The lowest BCUT2D eigenvalue weighted by Crippen LogP contribution is -2.20. The maximum Gasteiger partial charge on any atom is 0.365 e. The van der Waals surface area contributed by atoms with E-state index in [0.717, 1.165) is 0 Å². The van der Waals surface area contributed by atoms with Crippen LogP contribution in [-0.4, -0.2) is 32.8 Å². The van der Waals surface area contributed by atoms with Crippen LogP contribution in [0.15, 0.2) is 30.3 Å². The van der Waals surface area contributed by atoms with Gasteiger partial charge in [0.15, 0.2) is 0 Å². The number of esters is 1. The summed E-state index contributed by atoms with van der Waals surface area (Å²) < 4.78 is 18.1. The van der Waals surface area contributed by atoms with Crippen molar-refractivity contribution in [1.82, 2.24) is 20.2 Å². The van der Waals surface area contributed by atoms with Gasteiger partial charge in [-0.15, -0.1) is 15.0 Å². The van der Waals surface area contributed by atoms with Crippen molar-refractivity contribution in [3.05, 3.63) is 30.3 Å². The van der Waals surface area contributed by atoms with Gasteiger partial charge in [0.05, 0.1) is 6.61 Å². The van der Waals surface area contributed by atoms with Gasteiger partial charge in [-0.05, 0) is 12.1 Å². The predicted octanol–water partition coefficient (Wildman–Crippen LogP) is 1.37. The van der Waals surface area contributed by atoms with Crippen molar-refractivity contribution in [1.29, 1.82) is 0 Å². The molecule has 18 heavy (non-hydrogen) atoms. The maximum atomic E-state index is 13.6. The molecule has 0 bridgehead atoms. The molecule has 0 N–H and O–H groups in total. The van der Waals surface area contributed by atoms with Gasteiger partial charge in [-0.25, -0.2) is 9.18 Å². The molecule has 0 radical (unpaired) electrons. The van der Waals surface area contributed by atoms with Gasteiger partial charge in [0.2, 0.25) is 5.82 Å². The molecule has 94 valence electrons. The topological polar surface area (TPSA) is 69.9 Å². The fraction of sp³-hybridized carbons (Fsp3) is 0.273. The van der Waals surface area contributed by atoms with E-state index in [1.54, 1.807) is 31.2 Å². The van der Waals surface area contributed by atoms with E-state index >= 15 is 0 Å². The first-order valence-electron chi connectivity index (χ1n) is 5.38. The average Bonchev–Trinajstić information content (AvgIpc) is 2.89. The van der Waals surface area contributed by atoms with Crippen LogP contribution in [0, 0.1) is 0 Å². The Kier molecular flexibility index (Phi) is 3.61. The molecular formula is C11H11FN4O2. The van der Waals surface area contributed by atoms with Gasteiger partial charge in [-0.1, -0.05) is 30.3 Å². The number of ether oxygens (including phenoxy) is 1. The normalized spacial score (nSPS) is 12.1. The monoisotopic (exact) mass is 250 g/mol. The van der Waals surface area contributed by atoms with Crippen molar-refractivity contribution in [2.45, 2.75) is 13.2 Å². The molecule has 7 heteroatoms. The summed E-state index contributed by atoms with van der Waals surface area (Å²) in [6, 6.07) is 8.96. The third-order valence-electron chi connectivity index (χ3n) is 2.14. The Bertz CT molecular complexity index is 529. The number of carbonyl (C=O) groups excluding carboxylic acids is 1. The summed E-state index contributed by atoms with van der Waals surface area (Å²) in [6.07, 6.45) is -2.07. The molecule has 1 heterocycles. The molecule has 0 fully saturated rings. The van der Waals surface area contributed by atoms with Crippen LogP contribution < -0.4 is 0 Å². The smallest absolute Gasteiger partial charge is 0.365 e. The van der Waals surface area contributed by atoms with Crippen molar-refractivity contribution < 1.29 is 13.9 Å². The van der Waals surface area contributed by atoms with Crippen LogP contribution in [0.3, 0.4) is 0 Å². The van der Waals surface area contributed by atoms with Crippen molar-refractivity contribution in [3.8, 4) is 11.4 Å². The van der Waals surface area contributed by atoms with E-state index in [9.17, 15) is 9.18 Å². The van der Waals surface area contributed by atoms with Crippen LogP contribution in [0.4, 0.5) is 4.39 Å². The zero-order chi connectivity index (χ0) is 13.0. The average molecular weight is 250 g/mol. The Labute approximate surface area is 102 Å². The molecular weight excluding hydrogens is 239 g/mol.